The molecule has 0 unspecified atom stereocenters. The molecule has 0 aromatic heterocycles. The lowest BCUT2D eigenvalue weighted by Crippen LogP contribution is -2.30. The van der Waals surface area contributed by atoms with Crippen molar-refractivity contribution in [1.82, 2.24) is 0 Å². The molecular formula is C16H10F3NO3. The van der Waals surface area contributed by atoms with Crippen LogP contribution in [0.5, 0.6) is 11.5 Å². The van der Waals surface area contributed by atoms with Crippen molar-refractivity contribution in [2.45, 2.75) is 11.9 Å². The Kier molecular flexibility index (Phi) is 2.81. The zero-order chi connectivity index (χ0) is 16.1. The Morgan fingerprint density at radius 2 is 1.52 bits per heavy atom. The molecule has 2 aromatic rings. The van der Waals surface area contributed by atoms with Crippen molar-refractivity contribution >= 4 is 6.08 Å². The lowest BCUT2D eigenvalue weighted by atomic mass is 9.81. The first-order valence-corrected chi connectivity index (χ1v) is 6.83. The monoisotopic (exact) mass is 321 g/mol. The van der Waals surface area contributed by atoms with Crippen molar-refractivity contribution in [1.29, 1.82) is 0 Å². The third-order valence-corrected chi connectivity index (χ3v) is 3.77. The van der Waals surface area contributed by atoms with Gasteiger partial charge in [-0.3, -0.25) is 0 Å². The molecule has 0 radical (unpaired) electrons. The van der Waals surface area contributed by atoms with Gasteiger partial charge in [0.15, 0.2) is 5.54 Å². The molecule has 23 heavy (non-hydrogen) atoms. The maximum atomic E-state index is 12.4. The second-order valence-corrected chi connectivity index (χ2v) is 5.17. The van der Waals surface area contributed by atoms with E-state index in [0.717, 1.165) is 0 Å². The van der Waals surface area contributed by atoms with E-state index >= 15 is 0 Å². The maximum absolute atomic E-state index is 12.4. The van der Waals surface area contributed by atoms with Gasteiger partial charge in [0.25, 0.3) is 0 Å². The molecule has 0 N–H and O–H groups in total. The highest BCUT2D eigenvalue weighted by atomic mass is 19.4. The molecule has 0 amide bonds. The molecule has 2 heterocycles. The van der Waals surface area contributed by atoms with Crippen LogP contribution in [0.4, 0.5) is 13.2 Å². The molecule has 0 saturated heterocycles. The minimum atomic E-state index is -4.85. The Hall–Kier alpha value is -2.70. The first-order chi connectivity index (χ1) is 11.0. The summed E-state index contributed by atoms with van der Waals surface area (Å²) in [5.74, 6) is 1.07. The average Bonchev–Trinajstić information content (AvgIpc) is 2.90. The second-order valence-electron chi connectivity index (χ2n) is 5.17. The number of benzene rings is 2. The van der Waals surface area contributed by atoms with Crippen molar-refractivity contribution in [2.24, 2.45) is 4.99 Å². The van der Waals surface area contributed by atoms with Crippen molar-refractivity contribution in [3.05, 3.63) is 59.7 Å². The topological polar surface area (TPSA) is 40.0 Å². The van der Waals surface area contributed by atoms with Crippen LogP contribution in [0.1, 0.15) is 11.1 Å². The van der Waals surface area contributed by atoms with E-state index < -0.39 is 18.0 Å². The number of alkyl halides is 3. The molecule has 2 aliphatic rings. The normalized spacial score (nSPS) is 17.6. The molecule has 0 fully saturated rings. The van der Waals surface area contributed by atoms with E-state index in [9.17, 15) is 13.2 Å². The van der Waals surface area contributed by atoms with Gasteiger partial charge in [0.1, 0.15) is 18.1 Å². The Labute approximate surface area is 129 Å². The molecule has 4 rings (SSSR count). The largest absolute Gasteiger partial charge is 0.576 e. The zero-order valence-corrected chi connectivity index (χ0v) is 11.6. The summed E-state index contributed by atoms with van der Waals surface area (Å²) in [6, 6.07) is 14.1. The number of hydrogen-bond donors (Lipinski definition) is 0. The Morgan fingerprint density at radius 3 is 2.09 bits per heavy atom. The quantitative estimate of drug-likeness (QED) is 0.737. The fourth-order valence-electron chi connectivity index (χ4n) is 2.87. The highest BCUT2D eigenvalue weighted by Gasteiger charge is 2.49. The van der Waals surface area contributed by atoms with Gasteiger partial charge in [0.05, 0.1) is 0 Å². The zero-order valence-electron chi connectivity index (χ0n) is 11.6. The second kappa shape index (κ2) is 4.65. The van der Waals surface area contributed by atoms with Gasteiger partial charge in [-0.05, 0) is 12.1 Å². The van der Waals surface area contributed by atoms with E-state index in [1.807, 2.05) is 0 Å². The fourth-order valence-corrected chi connectivity index (χ4v) is 2.87. The third kappa shape index (κ3) is 2.19. The predicted molar refractivity (Wildman–Crippen MR) is 74.3 cm³/mol. The molecule has 1 spiro atoms. The van der Waals surface area contributed by atoms with E-state index in [0.29, 0.717) is 22.6 Å². The van der Waals surface area contributed by atoms with Crippen molar-refractivity contribution in [3.8, 4) is 11.5 Å². The smallest absolute Gasteiger partial charge is 0.457 e. The molecule has 0 aliphatic carbocycles. The highest BCUT2D eigenvalue weighted by molar-refractivity contribution is 5.73. The average molecular weight is 321 g/mol. The van der Waals surface area contributed by atoms with E-state index in [1.165, 1.54) is 0 Å². The summed E-state index contributed by atoms with van der Waals surface area (Å²) >= 11 is 0. The molecule has 0 bridgehead atoms. The van der Waals surface area contributed by atoms with Crippen LogP contribution in [0.15, 0.2) is 53.5 Å². The van der Waals surface area contributed by atoms with Crippen molar-refractivity contribution < 1.29 is 27.4 Å². The van der Waals surface area contributed by atoms with E-state index in [1.54, 1.807) is 48.5 Å². The summed E-state index contributed by atoms with van der Waals surface area (Å²) in [5, 5.41) is 0. The van der Waals surface area contributed by atoms with E-state index in [4.69, 9.17) is 9.47 Å². The number of ether oxygens (including phenoxy) is 3. The van der Waals surface area contributed by atoms with Crippen LogP contribution < -0.4 is 4.74 Å². The molecule has 0 atom stereocenters. The summed E-state index contributed by atoms with van der Waals surface area (Å²) in [6.45, 7) is -0.0875. The van der Waals surface area contributed by atoms with Gasteiger partial charge in [-0.2, -0.15) is 4.99 Å². The van der Waals surface area contributed by atoms with Crippen LogP contribution >= 0.6 is 0 Å². The Balaban J connectivity index is 1.88. The highest BCUT2D eigenvalue weighted by Crippen LogP contribution is 2.50. The van der Waals surface area contributed by atoms with Crippen LogP contribution in [-0.2, 0) is 15.0 Å². The Morgan fingerprint density at radius 1 is 0.957 bits per heavy atom. The molecule has 118 valence electrons. The number of para-hydroxylation sites is 2. The number of halogens is 3. The SMILES string of the molecule is FC(F)(F)OC1=NC2(CO1)c1ccccc1Oc1ccccc12. The maximum Gasteiger partial charge on any atom is 0.576 e. The predicted octanol–water partition coefficient (Wildman–Crippen LogP) is 3.96. The van der Waals surface area contributed by atoms with Gasteiger partial charge in [-0.25, -0.2) is 0 Å². The van der Waals surface area contributed by atoms with E-state index in [2.05, 4.69) is 9.73 Å². The Bertz CT molecular complexity index is 756. The molecule has 2 aromatic carbocycles. The van der Waals surface area contributed by atoms with Crippen molar-refractivity contribution in [3.63, 3.8) is 0 Å². The summed E-state index contributed by atoms with van der Waals surface area (Å²) in [6.07, 6.45) is -5.64. The molecule has 0 saturated carbocycles. The van der Waals surface area contributed by atoms with Crippen LogP contribution in [0.25, 0.3) is 0 Å². The fraction of sp³-hybridized carbons (Fsp3) is 0.188. The van der Waals surface area contributed by atoms with Crippen molar-refractivity contribution in [2.75, 3.05) is 6.61 Å². The number of fused-ring (bicyclic) bond motifs is 4. The van der Waals surface area contributed by atoms with Gasteiger partial charge in [0, 0.05) is 11.1 Å². The van der Waals surface area contributed by atoms with Crippen LogP contribution in [0, 0.1) is 0 Å². The van der Waals surface area contributed by atoms with Gasteiger partial charge in [-0.1, -0.05) is 36.4 Å². The summed E-state index contributed by atoms with van der Waals surface area (Å²) in [5.41, 5.74) is 0.172. The van der Waals surface area contributed by atoms with Gasteiger partial charge >= 0.3 is 12.4 Å². The lowest BCUT2D eigenvalue weighted by Gasteiger charge is -2.32. The summed E-state index contributed by atoms with van der Waals surface area (Å²) in [4.78, 5) is 4.12. The van der Waals surface area contributed by atoms with Gasteiger partial charge < -0.3 is 14.2 Å². The lowest BCUT2D eigenvalue weighted by molar-refractivity contribution is -0.290. The summed E-state index contributed by atoms with van der Waals surface area (Å²) < 4.78 is 52.1. The van der Waals surface area contributed by atoms with E-state index in [-0.39, 0.29) is 6.61 Å². The number of nitrogens with zero attached hydrogens (tertiary/aromatic N) is 1. The molecular weight excluding hydrogens is 311 g/mol. The number of aliphatic imine (C=N–C) groups is 1. The van der Waals surface area contributed by atoms with Gasteiger partial charge in [0.2, 0.25) is 0 Å². The number of rotatable bonds is 0. The molecule has 4 nitrogen and oxygen atoms in total. The summed E-state index contributed by atoms with van der Waals surface area (Å²) in [7, 11) is 0. The minimum Gasteiger partial charge on any atom is -0.457 e. The number of hydrogen-bond acceptors (Lipinski definition) is 4. The third-order valence-electron chi connectivity index (χ3n) is 3.77. The first kappa shape index (κ1) is 13.9. The minimum absolute atomic E-state index is 0.0875. The molecule has 7 heteroatoms. The van der Waals surface area contributed by atoms with Gasteiger partial charge in [-0.15, -0.1) is 13.2 Å². The van der Waals surface area contributed by atoms with Crippen LogP contribution in [-0.4, -0.2) is 19.1 Å². The standard InChI is InChI=1S/C16H10F3NO3/c17-16(18,19)23-14-20-15(9-21-14)10-5-1-3-7-12(10)22-13-8-4-2-6-11(13)15/h1-8H,9H2. The van der Waals surface area contributed by atoms with Crippen LogP contribution in [0.2, 0.25) is 0 Å². The first-order valence-electron chi connectivity index (χ1n) is 6.83. The molecule has 2 aliphatic heterocycles. The van der Waals surface area contributed by atoms with Crippen LogP contribution in [0.3, 0.4) is 0 Å².